The monoisotopic (exact) mass is 425 g/mol. The van der Waals surface area contributed by atoms with Crippen LogP contribution in [-0.2, 0) is 20.1 Å². The van der Waals surface area contributed by atoms with Crippen molar-refractivity contribution in [3.63, 3.8) is 0 Å². The molecular weight excluding hydrogens is 409 g/mol. The molecule has 0 aliphatic carbocycles. The van der Waals surface area contributed by atoms with Gasteiger partial charge in [-0.3, -0.25) is 13.9 Å². The van der Waals surface area contributed by atoms with Crippen molar-refractivity contribution in [3.8, 4) is 0 Å². The summed E-state index contributed by atoms with van der Waals surface area (Å²) in [6.45, 7) is 1.28. The summed E-state index contributed by atoms with van der Waals surface area (Å²) in [4.78, 5) is 32.7. The van der Waals surface area contributed by atoms with Gasteiger partial charge in [-0.15, -0.1) is 0 Å². The summed E-state index contributed by atoms with van der Waals surface area (Å²) in [6, 6.07) is 13.1. The maximum atomic E-state index is 13.3. The van der Waals surface area contributed by atoms with E-state index in [1.165, 1.54) is 16.7 Å². The molecule has 0 spiro atoms. The van der Waals surface area contributed by atoms with E-state index in [9.17, 15) is 14.0 Å². The van der Waals surface area contributed by atoms with Crippen LogP contribution in [0.4, 0.5) is 16.0 Å². The van der Waals surface area contributed by atoms with E-state index in [4.69, 9.17) is 11.6 Å². The van der Waals surface area contributed by atoms with Gasteiger partial charge in [0.1, 0.15) is 5.82 Å². The average molecular weight is 426 g/mol. The van der Waals surface area contributed by atoms with E-state index in [-0.39, 0.29) is 12.4 Å². The van der Waals surface area contributed by atoms with Crippen LogP contribution in [-0.4, -0.2) is 25.2 Å². The van der Waals surface area contributed by atoms with Gasteiger partial charge in [0.25, 0.3) is 5.56 Å². The highest BCUT2D eigenvalue weighted by atomic mass is 35.5. The van der Waals surface area contributed by atoms with Gasteiger partial charge in [0.15, 0.2) is 11.2 Å². The molecule has 7 nitrogen and oxygen atoms in total. The number of fused-ring (bicyclic) bond motifs is 3. The van der Waals surface area contributed by atoms with Crippen molar-refractivity contribution in [2.24, 2.45) is 7.05 Å². The Morgan fingerprint density at radius 2 is 1.73 bits per heavy atom. The van der Waals surface area contributed by atoms with Gasteiger partial charge in [0.05, 0.1) is 6.54 Å². The zero-order valence-corrected chi connectivity index (χ0v) is 16.8. The van der Waals surface area contributed by atoms with Crippen LogP contribution in [0.25, 0.3) is 11.2 Å². The Bertz CT molecular complexity index is 1390. The van der Waals surface area contributed by atoms with Gasteiger partial charge >= 0.3 is 5.69 Å². The molecule has 0 unspecified atom stereocenters. The first-order valence-corrected chi connectivity index (χ1v) is 9.79. The van der Waals surface area contributed by atoms with Crippen molar-refractivity contribution in [2.75, 3.05) is 11.4 Å². The Balaban J connectivity index is 1.66. The van der Waals surface area contributed by atoms with Crippen LogP contribution in [0.5, 0.6) is 0 Å². The van der Waals surface area contributed by atoms with Gasteiger partial charge in [-0.05, 0) is 42.0 Å². The van der Waals surface area contributed by atoms with E-state index in [2.05, 4.69) is 4.98 Å². The van der Waals surface area contributed by atoms with E-state index in [0.29, 0.717) is 40.8 Å². The molecule has 0 saturated carbocycles. The van der Waals surface area contributed by atoms with E-state index in [1.54, 1.807) is 31.3 Å². The van der Waals surface area contributed by atoms with Crippen LogP contribution in [0.3, 0.4) is 0 Å². The largest absolute Gasteiger partial charge is 0.332 e. The second kappa shape index (κ2) is 6.84. The number of anilines is 2. The van der Waals surface area contributed by atoms with Gasteiger partial charge in [0.2, 0.25) is 5.95 Å². The summed E-state index contributed by atoms with van der Waals surface area (Å²) in [6.07, 6.45) is 0. The molecule has 2 aromatic heterocycles. The molecule has 0 N–H and O–H groups in total. The van der Waals surface area contributed by atoms with Crippen LogP contribution in [0.15, 0.2) is 58.1 Å². The van der Waals surface area contributed by atoms with E-state index >= 15 is 0 Å². The van der Waals surface area contributed by atoms with Gasteiger partial charge in [-0.25, -0.2) is 9.18 Å². The molecule has 4 aromatic rings. The molecule has 0 radical (unpaired) electrons. The molecule has 30 heavy (non-hydrogen) atoms. The van der Waals surface area contributed by atoms with Crippen molar-refractivity contribution in [2.45, 2.75) is 13.1 Å². The Morgan fingerprint density at radius 1 is 1.03 bits per heavy atom. The fourth-order valence-electron chi connectivity index (χ4n) is 3.86. The smallest absolute Gasteiger partial charge is 0.310 e. The normalized spacial score (nSPS) is 13.2. The molecule has 0 saturated heterocycles. The van der Waals surface area contributed by atoms with Crippen molar-refractivity contribution in [1.29, 1.82) is 0 Å². The molecule has 1 aliphatic rings. The van der Waals surface area contributed by atoms with E-state index < -0.39 is 11.2 Å². The molecule has 0 amide bonds. The van der Waals surface area contributed by atoms with Crippen molar-refractivity contribution >= 4 is 34.4 Å². The highest BCUT2D eigenvalue weighted by Gasteiger charge is 2.28. The minimum atomic E-state index is -0.466. The number of hydrogen-bond acceptors (Lipinski definition) is 4. The first kappa shape index (κ1) is 18.6. The predicted molar refractivity (Wildman–Crippen MR) is 113 cm³/mol. The minimum absolute atomic E-state index is 0.0587. The first-order chi connectivity index (χ1) is 14.4. The Hall–Kier alpha value is -3.39. The summed E-state index contributed by atoms with van der Waals surface area (Å²) in [5, 5.41) is 0.637. The Labute approximate surface area is 175 Å². The second-order valence-electron chi connectivity index (χ2n) is 7.22. The number of nitrogens with zero attached hydrogens (tertiary/aromatic N) is 5. The van der Waals surface area contributed by atoms with Crippen molar-refractivity contribution in [3.05, 3.63) is 85.8 Å². The number of hydrogen-bond donors (Lipinski definition) is 0. The van der Waals surface area contributed by atoms with Crippen LogP contribution in [0, 0.1) is 5.82 Å². The fraction of sp³-hybridized carbons (Fsp3) is 0.190. The van der Waals surface area contributed by atoms with Crippen LogP contribution in [0.1, 0.15) is 5.56 Å². The number of aryl methyl sites for hydroxylation is 1. The summed E-state index contributed by atoms with van der Waals surface area (Å²) in [7, 11) is 1.60. The number of rotatable bonds is 3. The van der Waals surface area contributed by atoms with E-state index in [0.717, 1.165) is 10.3 Å². The molecule has 9 heteroatoms. The van der Waals surface area contributed by atoms with E-state index in [1.807, 2.05) is 21.6 Å². The molecule has 3 heterocycles. The third-order valence-corrected chi connectivity index (χ3v) is 5.65. The lowest BCUT2D eigenvalue weighted by molar-refractivity contribution is 0.623. The molecule has 0 bridgehead atoms. The molecular formula is C21H17ClFN5O2. The lowest BCUT2D eigenvalue weighted by Gasteiger charge is -2.15. The lowest BCUT2D eigenvalue weighted by atomic mass is 10.2. The van der Waals surface area contributed by atoms with Crippen molar-refractivity contribution < 1.29 is 4.39 Å². The molecule has 0 fully saturated rings. The molecule has 152 valence electrons. The summed E-state index contributed by atoms with van der Waals surface area (Å²) < 4.78 is 17.6. The molecule has 1 aliphatic heterocycles. The standard InChI is InChI=1S/C21H17ClFN5O2/c1-25-18-17(19(29)28(21(25)30)12-13-2-6-15(23)7-3-13)27-11-10-26(20(27)24-18)16-8-4-14(22)5-9-16/h2-9H,10-12H2,1H3. The number of imidazole rings is 1. The maximum Gasteiger partial charge on any atom is 0.332 e. The molecule has 2 aromatic carbocycles. The third-order valence-electron chi connectivity index (χ3n) is 5.39. The Morgan fingerprint density at radius 3 is 2.43 bits per heavy atom. The SMILES string of the molecule is Cn1c(=O)n(Cc2ccc(F)cc2)c(=O)c2c1nc1n2CCN1c1ccc(Cl)cc1. The van der Waals surface area contributed by atoms with Crippen LogP contribution >= 0.6 is 11.6 Å². The zero-order valence-electron chi connectivity index (χ0n) is 16.0. The number of aromatic nitrogens is 4. The minimum Gasteiger partial charge on any atom is -0.310 e. The van der Waals surface area contributed by atoms with Crippen LogP contribution < -0.4 is 16.1 Å². The summed E-state index contributed by atoms with van der Waals surface area (Å²) in [5.74, 6) is 0.240. The lowest BCUT2D eigenvalue weighted by Crippen LogP contribution is -2.40. The first-order valence-electron chi connectivity index (χ1n) is 9.41. The number of halogens is 2. The van der Waals surface area contributed by atoms with Gasteiger partial charge in [0, 0.05) is 30.8 Å². The third kappa shape index (κ3) is 2.83. The van der Waals surface area contributed by atoms with Crippen molar-refractivity contribution in [1.82, 2.24) is 18.7 Å². The highest BCUT2D eigenvalue weighted by Crippen LogP contribution is 2.32. The topological polar surface area (TPSA) is 65.1 Å². The average Bonchev–Trinajstić information content (AvgIpc) is 3.31. The second-order valence-corrected chi connectivity index (χ2v) is 7.66. The quantitative estimate of drug-likeness (QED) is 0.506. The summed E-state index contributed by atoms with van der Waals surface area (Å²) >= 11 is 5.99. The summed E-state index contributed by atoms with van der Waals surface area (Å²) in [5.41, 5.74) is 1.42. The maximum absolute atomic E-state index is 13.3. The highest BCUT2D eigenvalue weighted by molar-refractivity contribution is 6.30. The molecule has 0 atom stereocenters. The fourth-order valence-corrected chi connectivity index (χ4v) is 3.98. The number of benzene rings is 2. The predicted octanol–water partition coefficient (Wildman–Crippen LogP) is 2.89. The van der Waals surface area contributed by atoms with Gasteiger partial charge in [-0.2, -0.15) is 4.98 Å². The molecule has 5 rings (SSSR count). The van der Waals surface area contributed by atoms with Crippen LogP contribution in [0.2, 0.25) is 5.02 Å². The van der Waals surface area contributed by atoms with Gasteiger partial charge in [-0.1, -0.05) is 23.7 Å². The Kier molecular flexibility index (Phi) is 4.25. The zero-order chi connectivity index (χ0) is 21.0. The van der Waals surface area contributed by atoms with Gasteiger partial charge < -0.3 is 9.47 Å².